The first-order valence-electron chi connectivity index (χ1n) is 6.49. The molecule has 1 aromatic carbocycles. The van der Waals surface area contributed by atoms with Crippen molar-refractivity contribution in [1.82, 2.24) is 5.32 Å². The third kappa shape index (κ3) is 2.48. The molecule has 1 aliphatic rings. The quantitative estimate of drug-likeness (QED) is 0.852. The predicted octanol–water partition coefficient (Wildman–Crippen LogP) is 2.11. The minimum atomic E-state index is -0.804. The predicted molar refractivity (Wildman–Crippen MR) is 86.0 cm³/mol. The number of thiophene rings is 1. The molecule has 5 heteroatoms. The first-order chi connectivity index (χ1) is 10.1. The van der Waals surface area contributed by atoms with E-state index < -0.39 is 16.6 Å². The zero-order chi connectivity index (χ0) is 15.0. The van der Waals surface area contributed by atoms with Crippen LogP contribution in [0.5, 0.6) is 5.75 Å². The smallest absolute Gasteiger partial charge is 0.268 e. The van der Waals surface area contributed by atoms with E-state index in [1.165, 1.54) is 11.6 Å². The average Bonchev–Trinajstić information content (AvgIpc) is 2.95. The van der Waals surface area contributed by atoms with E-state index in [2.05, 4.69) is 17.5 Å². The molecule has 106 valence electrons. The lowest BCUT2D eigenvalue weighted by molar-refractivity contribution is 0.461. The number of nitrogens with one attached hydrogen (secondary N) is 1. The molecule has 0 aliphatic carbocycles. The fourth-order valence-electron chi connectivity index (χ4n) is 2.15. The van der Waals surface area contributed by atoms with Crippen molar-refractivity contribution >= 4 is 29.1 Å². The van der Waals surface area contributed by atoms with Crippen molar-refractivity contribution in [2.45, 2.75) is 6.92 Å². The third-order valence-electron chi connectivity index (χ3n) is 3.32. The summed E-state index contributed by atoms with van der Waals surface area (Å²) in [6, 6.07) is 3.97. The van der Waals surface area contributed by atoms with Gasteiger partial charge in [0.05, 0.1) is 5.56 Å². The van der Waals surface area contributed by atoms with Crippen molar-refractivity contribution < 1.29 is 5.11 Å². The standard InChI is InChI=1S/C16H13NO3S/c1-9-8-10(6-7-17-9)13-5-3-11(21-13)2-4-12-14(18)16(20)15(12)19/h2-6,8,17-18H,7H2,1H3/b4-2+. The molecule has 0 radical (unpaired) electrons. The Balaban J connectivity index is 1.82. The topological polar surface area (TPSA) is 66.4 Å². The number of dihydropyridines is 1. The molecule has 0 saturated carbocycles. The maximum atomic E-state index is 11.2. The van der Waals surface area contributed by atoms with Crippen LogP contribution in [0.1, 0.15) is 22.2 Å². The van der Waals surface area contributed by atoms with Gasteiger partial charge in [-0.2, -0.15) is 0 Å². The summed E-state index contributed by atoms with van der Waals surface area (Å²) in [4.78, 5) is 24.3. The second-order valence-corrected chi connectivity index (χ2v) is 5.94. The van der Waals surface area contributed by atoms with Crippen LogP contribution in [0.3, 0.4) is 0 Å². The largest absolute Gasteiger partial charge is 0.504 e. The van der Waals surface area contributed by atoms with Crippen LogP contribution in [0.4, 0.5) is 0 Å². The van der Waals surface area contributed by atoms with Crippen molar-refractivity contribution in [2.75, 3.05) is 6.54 Å². The Morgan fingerprint density at radius 3 is 2.76 bits per heavy atom. The molecule has 0 spiro atoms. The van der Waals surface area contributed by atoms with Gasteiger partial charge >= 0.3 is 0 Å². The molecule has 21 heavy (non-hydrogen) atoms. The Morgan fingerprint density at radius 1 is 1.24 bits per heavy atom. The first kappa shape index (κ1) is 13.6. The fourth-order valence-corrected chi connectivity index (χ4v) is 3.07. The summed E-state index contributed by atoms with van der Waals surface area (Å²) in [6.45, 7) is 2.84. The van der Waals surface area contributed by atoms with Gasteiger partial charge in [-0.05, 0) is 42.9 Å². The maximum absolute atomic E-state index is 11.2. The molecular formula is C16H13NO3S. The first-order valence-corrected chi connectivity index (χ1v) is 7.31. The van der Waals surface area contributed by atoms with Crippen LogP contribution < -0.4 is 16.2 Å². The second-order valence-electron chi connectivity index (χ2n) is 4.82. The summed E-state index contributed by atoms with van der Waals surface area (Å²) < 4.78 is 0. The molecule has 0 unspecified atom stereocenters. The van der Waals surface area contributed by atoms with Gasteiger partial charge in [-0.3, -0.25) is 9.59 Å². The van der Waals surface area contributed by atoms with E-state index >= 15 is 0 Å². The highest BCUT2D eigenvalue weighted by Gasteiger charge is 2.16. The van der Waals surface area contributed by atoms with E-state index in [0.717, 1.165) is 22.0 Å². The summed E-state index contributed by atoms with van der Waals surface area (Å²) in [5, 5.41) is 12.5. The molecule has 1 aromatic heterocycles. The van der Waals surface area contributed by atoms with Crippen LogP contribution >= 0.6 is 11.3 Å². The van der Waals surface area contributed by atoms with Crippen LogP contribution in [-0.4, -0.2) is 11.7 Å². The van der Waals surface area contributed by atoms with Gasteiger partial charge in [0.1, 0.15) is 0 Å². The van der Waals surface area contributed by atoms with Crippen molar-refractivity contribution in [3.8, 4) is 5.75 Å². The third-order valence-corrected chi connectivity index (χ3v) is 4.42. The summed E-state index contributed by atoms with van der Waals surface area (Å²) in [5.41, 5.74) is 0.966. The molecule has 3 rings (SSSR count). The highest BCUT2D eigenvalue weighted by Crippen LogP contribution is 2.28. The lowest BCUT2D eigenvalue weighted by Crippen LogP contribution is -2.32. The van der Waals surface area contributed by atoms with Crippen molar-refractivity contribution in [2.24, 2.45) is 0 Å². The molecule has 0 fully saturated rings. The number of aromatic hydroxyl groups is 1. The van der Waals surface area contributed by atoms with Gasteiger partial charge in [-0.15, -0.1) is 11.3 Å². The van der Waals surface area contributed by atoms with E-state index in [0.29, 0.717) is 0 Å². The Bertz CT molecular complexity index is 861. The number of allylic oxidation sites excluding steroid dienone is 3. The Labute approximate surface area is 125 Å². The number of hydrogen-bond donors (Lipinski definition) is 2. The normalized spacial score (nSPS) is 15.1. The molecule has 0 bridgehead atoms. The molecule has 2 aromatic rings. The van der Waals surface area contributed by atoms with E-state index in [1.54, 1.807) is 17.4 Å². The minimum absolute atomic E-state index is 0.0896. The molecule has 1 aliphatic heterocycles. The molecule has 0 saturated heterocycles. The molecule has 2 heterocycles. The van der Waals surface area contributed by atoms with Gasteiger partial charge in [-0.25, -0.2) is 0 Å². The molecular weight excluding hydrogens is 286 g/mol. The van der Waals surface area contributed by atoms with Crippen LogP contribution in [-0.2, 0) is 0 Å². The molecule has 0 atom stereocenters. The Morgan fingerprint density at radius 2 is 2.05 bits per heavy atom. The highest BCUT2D eigenvalue weighted by atomic mass is 32.1. The van der Waals surface area contributed by atoms with E-state index in [-0.39, 0.29) is 5.56 Å². The summed E-state index contributed by atoms with van der Waals surface area (Å²) in [7, 11) is 0. The van der Waals surface area contributed by atoms with E-state index in [9.17, 15) is 14.7 Å². The summed E-state index contributed by atoms with van der Waals surface area (Å²) >= 11 is 1.59. The zero-order valence-corrected chi connectivity index (χ0v) is 12.2. The average molecular weight is 299 g/mol. The molecule has 4 nitrogen and oxygen atoms in total. The van der Waals surface area contributed by atoms with Gasteiger partial charge in [0.15, 0.2) is 5.75 Å². The molecule has 0 amide bonds. The monoisotopic (exact) mass is 299 g/mol. The van der Waals surface area contributed by atoms with Gasteiger partial charge in [-0.1, -0.05) is 6.08 Å². The van der Waals surface area contributed by atoms with Crippen molar-refractivity contribution in [3.05, 3.63) is 65.7 Å². The van der Waals surface area contributed by atoms with Gasteiger partial charge < -0.3 is 10.4 Å². The van der Waals surface area contributed by atoms with Gasteiger partial charge in [0.25, 0.3) is 5.43 Å². The van der Waals surface area contributed by atoms with Crippen LogP contribution in [0.2, 0.25) is 0 Å². The lowest BCUT2D eigenvalue weighted by atomic mass is 10.1. The van der Waals surface area contributed by atoms with Crippen molar-refractivity contribution in [1.29, 1.82) is 0 Å². The molecule has 2 N–H and O–H groups in total. The van der Waals surface area contributed by atoms with E-state index in [4.69, 9.17) is 0 Å². The lowest BCUT2D eigenvalue weighted by Gasteiger charge is -2.11. The number of hydrogen-bond acceptors (Lipinski definition) is 5. The summed E-state index contributed by atoms with van der Waals surface area (Å²) in [6.07, 6.45) is 7.44. The highest BCUT2D eigenvalue weighted by molar-refractivity contribution is 7.14. The van der Waals surface area contributed by atoms with Crippen LogP contribution in [0, 0.1) is 0 Å². The van der Waals surface area contributed by atoms with Gasteiger partial charge in [0.2, 0.25) is 5.43 Å². The summed E-state index contributed by atoms with van der Waals surface area (Å²) in [5.74, 6) is -0.437. The Hall–Kier alpha value is -2.40. The maximum Gasteiger partial charge on any atom is 0.268 e. The second kappa shape index (κ2) is 5.18. The minimum Gasteiger partial charge on any atom is -0.504 e. The van der Waals surface area contributed by atoms with Crippen LogP contribution in [0.25, 0.3) is 17.7 Å². The SMILES string of the molecule is CC1=CC(c2ccc(/C=C/c3c(O)c(=O)c3=O)s2)=CCN1. The van der Waals surface area contributed by atoms with Gasteiger partial charge in [0, 0.05) is 22.0 Å². The van der Waals surface area contributed by atoms with Crippen LogP contribution in [0.15, 0.2) is 39.6 Å². The zero-order valence-electron chi connectivity index (χ0n) is 11.3. The van der Waals surface area contributed by atoms with E-state index in [1.807, 2.05) is 19.1 Å². The Kier molecular flexibility index (Phi) is 3.35. The fraction of sp³-hybridized carbons (Fsp3) is 0.125. The van der Waals surface area contributed by atoms with Crippen molar-refractivity contribution in [3.63, 3.8) is 0 Å². The number of rotatable bonds is 3.